The molecule has 0 bridgehead atoms. The summed E-state index contributed by atoms with van der Waals surface area (Å²) in [6.45, 7) is 0. The van der Waals surface area contributed by atoms with Crippen molar-refractivity contribution in [1.29, 1.82) is 0 Å². The number of carboxylic acids is 1. The van der Waals surface area contributed by atoms with Crippen molar-refractivity contribution in [2.45, 2.75) is 10.9 Å². The zero-order valence-corrected chi connectivity index (χ0v) is 8.34. The molecule has 0 aromatic heterocycles. The number of hydrogen-bond donors (Lipinski definition) is 2. The lowest BCUT2D eigenvalue weighted by Crippen LogP contribution is -2.21. The molecule has 0 aliphatic heterocycles. The Kier molecular flexibility index (Phi) is 3.49. The molecule has 3 N–H and O–H groups in total. The molecule has 1 aromatic rings. The lowest BCUT2D eigenvalue weighted by atomic mass is 10.1. The highest BCUT2D eigenvalue weighted by Gasteiger charge is 2.18. The highest BCUT2D eigenvalue weighted by molar-refractivity contribution is 7.98. The summed E-state index contributed by atoms with van der Waals surface area (Å²) in [5, 5.41) is 8.62. The van der Waals surface area contributed by atoms with Gasteiger partial charge in [0.15, 0.2) is 0 Å². The maximum absolute atomic E-state index is 13.2. The van der Waals surface area contributed by atoms with Crippen LogP contribution in [0, 0.1) is 5.82 Å². The van der Waals surface area contributed by atoms with Crippen LogP contribution in [0.2, 0.25) is 0 Å². The number of thioether (sulfide) groups is 1. The fourth-order valence-electron chi connectivity index (χ4n) is 1.02. The Balaban J connectivity index is 3.11. The van der Waals surface area contributed by atoms with Gasteiger partial charge in [-0.05, 0) is 24.5 Å². The number of rotatable bonds is 3. The minimum Gasteiger partial charge on any atom is -0.480 e. The average Bonchev–Trinajstić information content (AvgIpc) is 2.17. The van der Waals surface area contributed by atoms with Crippen molar-refractivity contribution in [3.63, 3.8) is 0 Å². The third-order valence-corrected chi connectivity index (χ3v) is 2.53. The molecular formula is C9H10FNO2S. The van der Waals surface area contributed by atoms with Gasteiger partial charge in [-0.15, -0.1) is 11.8 Å². The lowest BCUT2D eigenvalue weighted by molar-refractivity contribution is -0.138. The fourth-order valence-corrected chi connectivity index (χ4v) is 1.47. The standard InChI is InChI=1S/C9H10FNO2S/c1-14-5-2-3-7(10)6(4-5)8(11)9(12)13/h2-4,8H,11H2,1H3,(H,12,13). The van der Waals surface area contributed by atoms with E-state index in [1.807, 2.05) is 6.26 Å². The fraction of sp³-hybridized carbons (Fsp3) is 0.222. The number of aliphatic carboxylic acids is 1. The molecule has 0 aliphatic carbocycles. The van der Waals surface area contributed by atoms with Gasteiger partial charge in [0.1, 0.15) is 11.9 Å². The summed E-state index contributed by atoms with van der Waals surface area (Å²) in [7, 11) is 0. The predicted octanol–water partition coefficient (Wildman–Crippen LogP) is 1.63. The zero-order valence-electron chi connectivity index (χ0n) is 7.53. The first-order valence-corrected chi connectivity index (χ1v) is 5.10. The van der Waals surface area contributed by atoms with E-state index in [1.54, 1.807) is 6.07 Å². The van der Waals surface area contributed by atoms with Gasteiger partial charge in [0, 0.05) is 10.5 Å². The minimum atomic E-state index is -1.30. The van der Waals surface area contributed by atoms with Gasteiger partial charge in [-0.2, -0.15) is 0 Å². The molecule has 1 rings (SSSR count). The van der Waals surface area contributed by atoms with Gasteiger partial charge >= 0.3 is 5.97 Å². The van der Waals surface area contributed by atoms with E-state index in [-0.39, 0.29) is 5.56 Å². The van der Waals surface area contributed by atoms with E-state index >= 15 is 0 Å². The summed E-state index contributed by atoms with van der Waals surface area (Å²) < 4.78 is 13.2. The predicted molar refractivity (Wildman–Crippen MR) is 52.7 cm³/mol. The van der Waals surface area contributed by atoms with Gasteiger partial charge in [-0.3, -0.25) is 4.79 Å². The summed E-state index contributed by atoms with van der Waals surface area (Å²) in [6, 6.07) is 2.96. The highest BCUT2D eigenvalue weighted by atomic mass is 32.2. The summed E-state index contributed by atoms with van der Waals surface area (Å²) in [5.74, 6) is -1.82. The number of carboxylic acid groups (broad SMARTS) is 1. The molecule has 5 heteroatoms. The molecule has 0 heterocycles. The van der Waals surface area contributed by atoms with Gasteiger partial charge in [0.2, 0.25) is 0 Å². The maximum atomic E-state index is 13.2. The van der Waals surface area contributed by atoms with Crippen LogP contribution in [0.1, 0.15) is 11.6 Å². The molecule has 0 saturated heterocycles. The summed E-state index contributed by atoms with van der Waals surface area (Å²) in [6.07, 6.45) is 1.82. The maximum Gasteiger partial charge on any atom is 0.325 e. The Morgan fingerprint density at radius 2 is 2.29 bits per heavy atom. The second kappa shape index (κ2) is 4.43. The number of hydrogen-bond acceptors (Lipinski definition) is 3. The molecular weight excluding hydrogens is 205 g/mol. The Hall–Kier alpha value is -1.07. The van der Waals surface area contributed by atoms with E-state index in [9.17, 15) is 9.18 Å². The number of halogens is 1. The molecule has 0 spiro atoms. The lowest BCUT2D eigenvalue weighted by Gasteiger charge is -2.09. The normalized spacial score (nSPS) is 12.5. The molecule has 0 fully saturated rings. The smallest absolute Gasteiger partial charge is 0.325 e. The molecule has 0 amide bonds. The van der Waals surface area contributed by atoms with Crippen LogP contribution in [0.25, 0.3) is 0 Å². The molecule has 1 unspecified atom stereocenters. The van der Waals surface area contributed by atoms with Crippen LogP contribution in [0.5, 0.6) is 0 Å². The third-order valence-electron chi connectivity index (χ3n) is 1.80. The highest BCUT2D eigenvalue weighted by Crippen LogP contribution is 2.22. The average molecular weight is 215 g/mol. The summed E-state index contributed by atoms with van der Waals surface area (Å²) >= 11 is 1.41. The van der Waals surface area contributed by atoms with Crippen molar-refractivity contribution >= 4 is 17.7 Å². The topological polar surface area (TPSA) is 63.3 Å². The number of carbonyl (C=O) groups is 1. The van der Waals surface area contributed by atoms with Crippen LogP contribution in [-0.2, 0) is 4.79 Å². The second-order valence-electron chi connectivity index (χ2n) is 2.70. The summed E-state index contributed by atoms with van der Waals surface area (Å²) in [5.41, 5.74) is 5.33. The van der Waals surface area contributed by atoms with Crippen molar-refractivity contribution in [3.8, 4) is 0 Å². The first-order valence-electron chi connectivity index (χ1n) is 3.88. The van der Waals surface area contributed by atoms with Crippen LogP contribution in [0.4, 0.5) is 4.39 Å². The minimum absolute atomic E-state index is 0.0179. The van der Waals surface area contributed by atoms with E-state index in [4.69, 9.17) is 10.8 Å². The third kappa shape index (κ3) is 2.24. The molecule has 14 heavy (non-hydrogen) atoms. The quantitative estimate of drug-likeness (QED) is 0.752. The van der Waals surface area contributed by atoms with Crippen LogP contribution < -0.4 is 5.73 Å². The SMILES string of the molecule is CSc1ccc(F)c(C(N)C(=O)O)c1. The van der Waals surface area contributed by atoms with Crippen molar-refractivity contribution in [2.24, 2.45) is 5.73 Å². The molecule has 3 nitrogen and oxygen atoms in total. The van der Waals surface area contributed by atoms with Gasteiger partial charge in [-0.1, -0.05) is 0 Å². The van der Waals surface area contributed by atoms with Crippen molar-refractivity contribution in [1.82, 2.24) is 0 Å². The van der Waals surface area contributed by atoms with Crippen LogP contribution in [0.15, 0.2) is 23.1 Å². The largest absolute Gasteiger partial charge is 0.480 e. The van der Waals surface area contributed by atoms with E-state index in [0.717, 1.165) is 4.90 Å². The molecule has 1 atom stereocenters. The molecule has 0 radical (unpaired) electrons. The molecule has 0 saturated carbocycles. The van der Waals surface area contributed by atoms with Crippen molar-refractivity contribution in [3.05, 3.63) is 29.6 Å². The molecule has 1 aromatic carbocycles. The molecule has 76 valence electrons. The van der Waals surface area contributed by atoms with E-state index < -0.39 is 17.8 Å². The van der Waals surface area contributed by atoms with Crippen LogP contribution in [-0.4, -0.2) is 17.3 Å². The van der Waals surface area contributed by atoms with Crippen molar-refractivity contribution in [2.75, 3.05) is 6.26 Å². The van der Waals surface area contributed by atoms with Gasteiger partial charge < -0.3 is 10.8 Å². The van der Waals surface area contributed by atoms with E-state index in [1.165, 1.54) is 23.9 Å². The first kappa shape index (κ1) is 11.0. The Morgan fingerprint density at radius 1 is 1.64 bits per heavy atom. The van der Waals surface area contributed by atoms with E-state index in [0.29, 0.717) is 0 Å². The second-order valence-corrected chi connectivity index (χ2v) is 3.58. The van der Waals surface area contributed by atoms with E-state index in [2.05, 4.69) is 0 Å². The Morgan fingerprint density at radius 3 is 2.79 bits per heavy atom. The Bertz CT molecular complexity index is 357. The van der Waals surface area contributed by atoms with Gasteiger partial charge in [-0.25, -0.2) is 4.39 Å². The van der Waals surface area contributed by atoms with Gasteiger partial charge in [0.05, 0.1) is 0 Å². The van der Waals surface area contributed by atoms with Gasteiger partial charge in [0.25, 0.3) is 0 Å². The first-order chi connectivity index (χ1) is 6.56. The zero-order chi connectivity index (χ0) is 10.7. The summed E-state index contributed by atoms with van der Waals surface area (Å²) in [4.78, 5) is 11.3. The Labute approximate surface area is 85.1 Å². The number of benzene rings is 1. The van der Waals surface area contributed by atoms with Crippen molar-refractivity contribution < 1.29 is 14.3 Å². The van der Waals surface area contributed by atoms with Crippen LogP contribution >= 0.6 is 11.8 Å². The monoisotopic (exact) mass is 215 g/mol. The van der Waals surface area contributed by atoms with Crippen LogP contribution in [0.3, 0.4) is 0 Å². The number of nitrogens with two attached hydrogens (primary N) is 1. The molecule has 0 aliphatic rings.